The van der Waals surface area contributed by atoms with Gasteiger partial charge in [-0.3, -0.25) is 25.2 Å². The summed E-state index contributed by atoms with van der Waals surface area (Å²) < 4.78 is 4.99. The molecule has 0 fully saturated rings. The zero-order valence-electron chi connectivity index (χ0n) is 17.1. The van der Waals surface area contributed by atoms with Crippen LogP contribution >= 0.6 is 11.3 Å². The highest BCUT2D eigenvalue weighted by molar-refractivity contribution is 7.14. The van der Waals surface area contributed by atoms with E-state index in [1.807, 2.05) is 6.07 Å². The van der Waals surface area contributed by atoms with Crippen LogP contribution in [0.15, 0.2) is 28.9 Å². The molecule has 2 atom stereocenters. The molecule has 8 heteroatoms. The van der Waals surface area contributed by atoms with E-state index in [1.165, 1.54) is 41.0 Å². The van der Waals surface area contributed by atoms with E-state index in [4.69, 9.17) is 4.42 Å². The average Bonchev–Trinajstić information content (AvgIpc) is 3.33. The highest BCUT2D eigenvalue weighted by Crippen LogP contribution is 2.40. The second-order valence-electron chi connectivity index (χ2n) is 8.48. The minimum absolute atomic E-state index is 0.117. The predicted molar refractivity (Wildman–Crippen MR) is 111 cm³/mol. The molecule has 29 heavy (non-hydrogen) atoms. The maximum Gasteiger partial charge on any atom is 0.287 e. The molecule has 1 unspecified atom stereocenters. The van der Waals surface area contributed by atoms with Gasteiger partial charge in [-0.1, -0.05) is 20.8 Å². The molecule has 156 valence electrons. The van der Waals surface area contributed by atoms with E-state index in [9.17, 15) is 14.4 Å². The number of carbonyl (C=O) groups is 3. The number of aryl methyl sites for hydroxylation is 1. The molecule has 0 saturated heterocycles. The van der Waals surface area contributed by atoms with Gasteiger partial charge in [-0.25, -0.2) is 0 Å². The zero-order valence-corrected chi connectivity index (χ0v) is 17.9. The molecule has 0 spiro atoms. The van der Waals surface area contributed by atoms with E-state index >= 15 is 0 Å². The van der Waals surface area contributed by atoms with Crippen LogP contribution in [0.1, 0.15) is 64.8 Å². The van der Waals surface area contributed by atoms with Crippen molar-refractivity contribution in [2.45, 2.75) is 53.0 Å². The van der Waals surface area contributed by atoms with Crippen molar-refractivity contribution in [3.8, 4) is 0 Å². The van der Waals surface area contributed by atoms with Crippen molar-refractivity contribution in [2.75, 3.05) is 0 Å². The maximum absolute atomic E-state index is 12.5. The molecule has 2 aromatic heterocycles. The largest absolute Gasteiger partial charge is 0.459 e. The third kappa shape index (κ3) is 5.06. The summed E-state index contributed by atoms with van der Waals surface area (Å²) in [6.45, 7) is 8.29. The van der Waals surface area contributed by atoms with Gasteiger partial charge in [0.05, 0.1) is 11.1 Å². The van der Waals surface area contributed by atoms with Gasteiger partial charge < -0.3 is 9.73 Å². The van der Waals surface area contributed by atoms with Crippen molar-refractivity contribution in [1.29, 1.82) is 0 Å². The lowest BCUT2D eigenvalue weighted by molar-refractivity contribution is -0.123. The van der Waals surface area contributed by atoms with Crippen LogP contribution in [0.5, 0.6) is 0 Å². The van der Waals surface area contributed by atoms with Crippen LogP contribution in [0, 0.1) is 11.3 Å². The third-order valence-corrected chi connectivity index (χ3v) is 6.55. The van der Waals surface area contributed by atoms with Crippen LogP contribution in [0.3, 0.4) is 0 Å². The minimum atomic E-state index is -0.836. The Kier molecular flexibility index (Phi) is 6.12. The summed E-state index contributed by atoms with van der Waals surface area (Å²) >= 11 is 1.48. The Morgan fingerprint density at radius 2 is 1.97 bits per heavy atom. The van der Waals surface area contributed by atoms with Gasteiger partial charge in [-0.15, -0.1) is 11.3 Å². The fraction of sp³-hybridized carbons (Fsp3) is 0.476. The number of thiophene rings is 1. The lowest BCUT2D eigenvalue weighted by atomic mass is 9.72. The van der Waals surface area contributed by atoms with Crippen molar-refractivity contribution in [2.24, 2.45) is 11.3 Å². The monoisotopic (exact) mass is 417 g/mol. The van der Waals surface area contributed by atoms with Gasteiger partial charge in [0.15, 0.2) is 5.76 Å². The molecular formula is C21H27N3O4S. The number of fused-ring (bicyclic) bond motifs is 1. The highest BCUT2D eigenvalue weighted by Gasteiger charge is 2.30. The standard InChI is InChI=1S/C21H27N3O4S/c1-12(22-19(26)15-6-5-9-28-15)18(25)23-24-20(27)17-11-13-10-14(21(2,3)4)7-8-16(13)29-17/h5-6,9,11-12,14H,7-8,10H2,1-4H3,(H,22,26)(H,23,25)(H,24,27)/t12-,14?/m0/s1. The molecule has 0 bridgehead atoms. The number of carbonyl (C=O) groups excluding carboxylic acids is 3. The number of amides is 3. The number of rotatable bonds is 4. The van der Waals surface area contributed by atoms with E-state index in [-0.39, 0.29) is 17.1 Å². The fourth-order valence-corrected chi connectivity index (χ4v) is 4.51. The molecule has 3 N–H and O–H groups in total. The van der Waals surface area contributed by atoms with Gasteiger partial charge in [-0.05, 0) is 61.3 Å². The van der Waals surface area contributed by atoms with Crippen molar-refractivity contribution in [1.82, 2.24) is 16.2 Å². The quantitative estimate of drug-likeness (QED) is 0.666. The van der Waals surface area contributed by atoms with E-state index in [1.54, 1.807) is 6.07 Å². The summed E-state index contributed by atoms with van der Waals surface area (Å²) in [5.74, 6) is -0.657. The summed E-state index contributed by atoms with van der Waals surface area (Å²) in [6, 6.07) is 4.19. The van der Waals surface area contributed by atoms with Gasteiger partial charge in [0.25, 0.3) is 17.7 Å². The van der Waals surface area contributed by atoms with Crippen LogP contribution < -0.4 is 16.2 Å². The first-order valence-electron chi connectivity index (χ1n) is 9.71. The molecular weight excluding hydrogens is 390 g/mol. The first-order valence-corrected chi connectivity index (χ1v) is 10.5. The van der Waals surface area contributed by atoms with Gasteiger partial charge in [0, 0.05) is 4.88 Å². The van der Waals surface area contributed by atoms with E-state index in [0.29, 0.717) is 10.8 Å². The lowest BCUT2D eigenvalue weighted by Gasteiger charge is -2.33. The topological polar surface area (TPSA) is 100 Å². The van der Waals surface area contributed by atoms with Gasteiger partial charge in [0.1, 0.15) is 6.04 Å². The normalized spacial score (nSPS) is 17.2. The fourth-order valence-electron chi connectivity index (χ4n) is 3.40. The maximum atomic E-state index is 12.5. The Labute approximate surface area is 174 Å². The molecule has 1 aliphatic rings. The third-order valence-electron chi connectivity index (χ3n) is 5.32. The van der Waals surface area contributed by atoms with Gasteiger partial charge in [-0.2, -0.15) is 0 Å². The molecule has 3 rings (SSSR count). The SMILES string of the molecule is C[C@H](NC(=O)c1ccco1)C(=O)NNC(=O)c1cc2c(s1)CCC(C(C)(C)C)C2. The van der Waals surface area contributed by atoms with Gasteiger partial charge in [0.2, 0.25) is 0 Å². The number of nitrogens with one attached hydrogen (secondary N) is 3. The number of furan rings is 1. The van der Waals surface area contributed by atoms with E-state index < -0.39 is 17.9 Å². The van der Waals surface area contributed by atoms with Crippen molar-refractivity contribution in [3.05, 3.63) is 45.5 Å². The van der Waals surface area contributed by atoms with E-state index in [2.05, 4.69) is 36.9 Å². The number of hydrogen-bond acceptors (Lipinski definition) is 5. The Balaban J connectivity index is 1.53. The van der Waals surface area contributed by atoms with Crippen molar-refractivity contribution in [3.63, 3.8) is 0 Å². The molecule has 2 aromatic rings. The van der Waals surface area contributed by atoms with Crippen LogP contribution in [0.25, 0.3) is 0 Å². The molecule has 1 aliphatic carbocycles. The lowest BCUT2D eigenvalue weighted by Crippen LogP contribution is -2.50. The number of hydrazine groups is 1. The molecule has 0 aliphatic heterocycles. The zero-order chi connectivity index (χ0) is 21.2. The number of hydrogen-bond donors (Lipinski definition) is 3. The van der Waals surface area contributed by atoms with Gasteiger partial charge >= 0.3 is 0 Å². The molecule has 7 nitrogen and oxygen atoms in total. The van der Waals surface area contributed by atoms with Crippen LogP contribution in [0.4, 0.5) is 0 Å². The molecule has 0 radical (unpaired) electrons. The summed E-state index contributed by atoms with van der Waals surface area (Å²) in [6.07, 6.45) is 4.47. The van der Waals surface area contributed by atoms with Crippen molar-refractivity contribution < 1.29 is 18.8 Å². The first kappa shape index (κ1) is 21.1. The molecule has 0 aromatic carbocycles. The molecule has 0 saturated carbocycles. The molecule has 3 amide bonds. The second-order valence-corrected chi connectivity index (χ2v) is 9.62. The Hall–Kier alpha value is -2.61. The Bertz CT molecular complexity index is 896. The summed E-state index contributed by atoms with van der Waals surface area (Å²) in [5, 5.41) is 2.51. The summed E-state index contributed by atoms with van der Waals surface area (Å²) in [5.41, 5.74) is 6.28. The summed E-state index contributed by atoms with van der Waals surface area (Å²) in [4.78, 5) is 38.4. The Morgan fingerprint density at radius 3 is 2.62 bits per heavy atom. The minimum Gasteiger partial charge on any atom is -0.459 e. The van der Waals surface area contributed by atoms with Crippen LogP contribution in [-0.4, -0.2) is 23.8 Å². The van der Waals surface area contributed by atoms with Crippen LogP contribution in [-0.2, 0) is 17.6 Å². The predicted octanol–water partition coefficient (Wildman–Crippen LogP) is 3.07. The smallest absolute Gasteiger partial charge is 0.287 e. The van der Waals surface area contributed by atoms with E-state index in [0.717, 1.165) is 19.3 Å². The highest BCUT2D eigenvalue weighted by atomic mass is 32.1. The molecule has 2 heterocycles. The first-order chi connectivity index (χ1) is 13.6. The van der Waals surface area contributed by atoms with Crippen molar-refractivity contribution >= 4 is 29.1 Å². The summed E-state index contributed by atoms with van der Waals surface area (Å²) in [7, 11) is 0. The van der Waals surface area contributed by atoms with Crippen LogP contribution in [0.2, 0.25) is 0 Å². The average molecular weight is 418 g/mol. The second kappa shape index (κ2) is 8.41. The Morgan fingerprint density at radius 1 is 1.21 bits per heavy atom.